The van der Waals surface area contributed by atoms with E-state index in [2.05, 4.69) is 17.3 Å². The van der Waals surface area contributed by atoms with Crippen LogP contribution in [0.25, 0.3) is 0 Å². The number of carbonyl (C=O) groups is 1. The maximum atomic E-state index is 12.7. The van der Waals surface area contributed by atoms with Gasteiger partial charge in [-0.05, 0) is 23.6 Å². The van der Waals surface area contributed by atoms with E-state index in [-0.39, 0.29) is 30.9 Å². The van der Waals surface area contributed by atoms with E-state index in [4.69, 9.17) is 0 Å². The van der Waals surface area contributed by atoms with Crippen LogP contribution in [0, 0.1) is 0 Å². The van der Waals surface area contributed by atoms with Gasteiger partial charge >= 0.3 is 6.18 Å². The Morgan fingerprint density at radius 2 is 1.96 bits per heavy atom. The Balaban J connectivity index is 0.00000261. The molecule has 0 radical (unpaired) electrons. The van der Waals surface area contributed by atoms with Crippen LogP contribution in [0.2, 0.25) is 0 Å². The highest BCUT2D eigenvalue weighted by atomic mass is 35.5. The quantitative estimate of drug-likeness (QED) is 0.855. The first-order chi connectivity index (χ1) is 12.4. The fraction of sp³-hybridized carbons (Fsp3) is 0.444. The molecular weight excluding hydrogens is 381 g/mol. The first-order valence-corrected chi connectivity index (χ1v) is 8.58. The van der Waals surface area contributed by atoms with Gasteiger partial charge in [0.25, 0.3) is 0 Å². The lowest BCUT2D eigenvalue weighted by molar-refractivity contribution is -0.142. The molecule has 2 heterocycles. The van der Waals surface area contributed by atoms with Crippen LogP contribution in [0.15, 0.2) is 36.5 Å². The minimum Gasteiger partial charge on any atom is -0.331 e. The summed E-state index contributed by atoms with van der Waals surface area (Å²) in [5.74, 6) is -0.243. The fourth-order valence-electron chi connectivity index (χ4n) is 3.11. The molecule has 5 nitrogen and oxygen atoms in total. The van der Waals surface area contributed by atoms with Crippen LogP contribution < -0.4 is 5.32 Å². The zero-order chi connectivity index (χ0) is 18.7. The van der Waals surface area contributed by atoms with Crippen molar-refractivity contribution in [2.45, 2.75) is 32.1 Å². The second kappa shape index (κ2) is 8.75. The summed E-state index contributed by atoms with van der Waals surface area (Å²) in [5, 5.41) is 6.73. The average molecular weight is 403 g/mol. The highest BCUT2D eigenvalue weighted by Gasteiger charge is 2.34. The normalized spacial score (nSPS) is 17.5. The smallest absolute Gasteiger partial charge is 0.331 e. The SMILES string of the molecule is CCc1ccc(C2CNCCN2C(=O)Cn2ccc(C(F)(F)F)n2)cc1.Cl. The molecular formula is C18H22ClF3N4O. The summed E-state index contributed by atoms with van der Waals surface area (Å²) in [5.41, 5.74) is 1.24. The van der Waals surface area contributed by atoms with Crippen molar-refractivity contribution in [3.05, 3.63) is 53.3 Å². The highest BCUT2D eigenvalue weighted by Crippen LogP contribution is 2.27. The van der Waals surface area contributed by atoms with Crippen LogP contribution in [0.4, 0.5) is 13.2 Å². The number of hydrogen-bond acceptors (Lipinski definition) is 3. The molecule has 27 heavy (non-hydrogen) atoms. The third-order valence-corrected chi connectivity index (χ3v) is 4.56. The molecule has 1 aromatic carbocycles. The van der Waals surface area contributed by atoms with Gasteiger partial charge in [0.15, 0.2) is 5.69 Å². The maximum Gasteiger partial charge on any atom is 0.435 e. The zero-order valence-electron chi connectivity index (χ0n) is 14.9. The van der Waals surface area contributed by atoms with Crippen molar-refractivity contribution in [3.8, 4) is 0 Å². The van der Waals surface area contributed by atoms with E-state index in [9.17, 15) is 18.0 Å². The number of benzene rings is 1. The number of piperazine rings is 1. The molecule has 2 aromatic rings. The van der Waals surface area contributed by atoms with Gasteiger partial charge in [-0.3, -0.25) is 9.48 Å². The molecule has 0 bridgehead atoms. The standard InChI is InChI=1S/C18H21F3N4O.ClH/c1-2-13-3-5-14(6-4-13)15-11-22-8-10-25(15)17(26)12-24-9-7-16(23-24)18(19,20)21;/h3-7,9,15,22H,2,8,10-12H2,1H3;1H. The summed E-state index contributed by atoms with van der Waals surface area (Å²) in [7, 11) is 0. The molecule has 1 atom stereocenters. The van der Waals surface area contributed by atoms with Gasteiger partial charge in [0.1, 0.15) is 6.54 Å². The van der Waals surface area contributed by atoms with Crippen LogP contribution in [-0.4, -0.2) is 40.2 Å². The molecule has 0 spiro atoms. The molecule has 1 fully saturated rings. The van der Waals surface area contributed by atoms with Crippen LogP contribution in [-0.2, 0) is 23.9 Å². The molecule has 3 rings (SSSR count). The van der Waals surface area contributed by atoms with Crippen molar-refractivity contribution >= 4 is 18.3 Å². The van der Waals surface area contributed by atoms with Crippen molar-refractivity contribution in [1.29, 1.82) is 0 Å². The van der Waals surface area contributed by atoms with Gasteiger partial charge in [-0.2, -0.15) is 18.3 Å². The molecule has 0 saturated carbocycles. The molecule has 148 valence electrons. The Labute approximate surface area is 161 Å². The number of carbonyl (C=O) groups excluding carboxylic acids is 1. The van der Waals surface area contributed by atoms with E-state index in [1.165, 1.54) is 11.8 Å². The number of halogens is 4. The number of amides is 1. The summed E-state index contributed by atoms with van der Waals surface area (Å²) in [6, 6.07) is 8.83. The van der Waals surface area contributed by atoms with Crippen molar-refractivity contribution in [2.75, 3.05) is 19.6 Å². The Hall–Kier alpha value is -2.06. The van der Waals surface area contributed by atoms with Crippen molar-refractivity contribution < 1.29 is 18.0 Å². The summed E-state index contributed by atoms with van der Waals surface area (Å²) in [6.45, 7) is 3.64. The van der Waals surface area contributed by atoms with E-state index >= 15 is 0 Å². The van der Waals surface area contributed by atoms with E-state index in [1.807, 2.05) is 24.3 Å². The second-order valence-electron chi connectivity index (χ2n) is 6.30. The lowest BCUT2D eigenvalue weighted by Crippen LogP contribution is -2.49. The molecule has 1 N–H and O–H groups in total. The van der Waals surface area contributed by atoms with Gasteiger partial charge in [-0.15, -0.1) is 12.4 Å². The molecule has 0 aliphatic carbocycles. The van der Waals surface area contributed by atoms with Gasteiger partial charge in [0.2, 0.25) is 5.91 Å². The second-order valence-corrected chi connectivity index (χ2v) is 6.30. The number of hydrogen-bond donors (Lipinski definition) is 1. The minimum absolute atomic E-state index is 0. The van der Waals surface area contributed by atoms with E-state index in [0.717, 1.165) is 22.7 Å². The number of aromatic nitrogens is 2. The first kappa shape index (κ1) is 21.2. The summed E-state index contributed by atoms with van der Waals surface area (Å²) in [6.07, 6.45) is -2.38. The van der Waals surface area contributed by atoms with Crippen LogP contribution in [0.3, 0.4) is 0 Å². The summed E-state index contributed by atoms with van der Waals surface area (Å²) in [4.78, 5) is 14.4. The predicted molar refractivity (Wildman–Crippen MR) is 97.6 cm³/mol. The van der Waals surface area contributed by atoms with Crippen molar-refractivity contribution in [2.24, 2.45) is 0 Å². The summed E-state index contributed by atoms with van der Waals surface area (Å²) < 4.78 is 39.0. The van der Waals surface area contributed by atoms with Crippen molar-refractivity contribution in [1.82, 2.24) is 20.0 Å². The minimum atomic E-state index is -4.51. The van der Waals surface area contributed by atoms with Gasteiger partial charge in [-0.25, -0.2) is 0 Å². The summed E-state index contributed by atoms with van der Waals surface area (Å²) >= 11 is 0. The van der Waals surface area contributed by atoms with Gasteiger partial charge in [0, 0.05) is 25.8 Å². The monoisotopic (exact) mass is 402 g/mol. The number of nitrogens with zero attached hydrogens (tertiary/aromatic N) is 3. The topological polar surface area (TPSA) is 50.2 Å². The third-order valence-electron chi connectivity index (χ3n) is 4.56. The third kappa shape index (κ3) is 5.01. The van der Waals surface area contributed by atoms with Crippen LogP contribution in [0.1, 0.15) is 29.8 Å². The van der Waals surface area contributed by atoms with Gasteiger partial charge in [-0.1, -0.05) is 31.2 Å². The molecule has 1 aliphatic heterocycles. The first-order valence-electron chi connectivity index (χ1n) is 8.58. The highest BCUT2D eigenvalue weighted by molar-refractivity contribution is 5.85. The van der Waals surface area contributed by atoms with Crippen molar-refractivity contribution in [3.63, 3.8) is 0 Å². The predicted octanol–water partition coefficient (Wildman–Crippen LogP) is 3.06. The van der Waals surface area contributed by atoms with Crippen LogP contribution >= 0.6 is 12.4 Å². The number of nitrogens with one attached hydrogen (secondary N) is 1. The average Bonchev–Trinajstić information content (AvgIpc) is 3.11. The van der Waals surface area contributed by atoms with Gasteiger partial charge in [0.05, 0.1) is 6.04 Å². The fourth-order valence-corrected chi connectivity index (χ4v) is 3.11. The number of aryl methyl sites for hydroxylation is 1. The lowest BCUT2D eigenvalue weighted by atomic mass is 10.0. The molecule has 1 saturated heterocycles. The van der Waals surface area contributed by atoms with E-state index < -0.39 is 11.9 Å². The largest absolute Gasteiger partial charge is 0.435 e. The number of rotatable bonds is 4. The molecule has 1 aromatic heterocycles. The van der Waals surface area contributed by atoms with Crippen LogP contribution in [0.5, 0.6) is 0 Å². The molecule has 1 amide bonds. The van der Waals surface area contributed by atoms with E-state index in [1.54, 1.807) is 4.90 Å². The molecule has 9 heteroatoms. The van der Waals surface area contributed by atoms with E-state index in [0.29, 0.717) is 19.6 Å². The Kier molecular flexibility index (Phi) is 6.89. The Morgan fingerprint density at radius 3 is 2.56 bits per heavy atom. The molecule has 1 unspecified atom stereocenters. The Bertz CT molecular complexity index is 761. The molecule has 1 aliphatic rings. The Morgan fingerprint density at radius 1 is 1.26 bits per heavy atom. The lowest BCUT2D eigenvalue weighted by Gasteiger charge is -2.36. The number of alkyl halides is 3. The van der Waals surface area contributed by atoms with Gasteiger partial charge < -0.3 is 10.2 Å². The maximum absolute atomic E-state index is 12.7. The zero-order valence-corrected chi connectivity index (χ0v) is 15.7.